The summed E-state index contributed by atoms with van der Waals surface area (Å²) in [5, 5.41) is 0. The van der Waals surface area contributed by atoms with Crippen LogP contribution in [0.4, 0.5) is 5.69 Å². The Morgan fingerprint density at radius 3 is 2.78 bits per heavy atom. The predicted octanol–water partition coefficient (Wildman–Crippen LogP) is 2.09. The van der Waals surface area contributed by atoms with Crippen molar-refractivity contribution in [2.75, 3.05) is 5.73 Å². The summed E-state index contributed by atoms with van der Waals surface area (Å²) in [7, 11) is 0. The lowest BCUT2D eigenvalue weighted by Gasteiger charge is -1.92. The largest absolute Gasteiger partial charge is 0.398 e. The van der Waals surface area contributed by atoms with Crippen molar-refractivity contribution in [3.8, 4) is 0 Å². The van der Waals surface area contributed by atoms with E-state index >= 15 is 0 Å². The maximum absolute atomic E-state index is 5.42. The van der Waals surface area contributed by atoms with Gasteiger partial charge in [-0.25, -0.2) is 0 Å². The molecule has 0 unspecified atom stereocenters. The zero-order valence-electron chi connectivity index (χ0n) is 4.52. The van der Waals surface area contributed by atoms with Crippen LogP contribution in [0.15, 0.2) is 16.7 Å². The number of nitrogens with one attached hydrogen (secondary N) is 1. The molecule has 9 heavy (non-hydrogen) atoms. The van der Waals surface area contributed by atoms with Gasteiger partial charge >= 0.3 is 0 Å². The van der Waals surface area contributed by atoms with Gasteiger partial charge in [0.15, 0.2) is 0 Å². The third-order valence-electron chi connectivity index (χ3n) is 0.880. The van der Waals surface area contributed by atoms with Gasteiger partial charge in [0, 0.05) is 11.9 Å². The van der Waals surface area contributed by atoms with Crippen LogP contribution in [-0.4, -0.2) is 4.98 Å². The quantitative estimate of drug-likeness (QED) is 0.636. The lowest BCUT2D eigenvalue weighted by Crippen LogP contribution is -1.85. The maximum atomic E-state index is 5.42. The first-order valence-electron chi connectivity index (χ1n) is 2.34. The number of H-pyrrole nitrogens is 1. The van der Waals surface area contributed by atoms with Gasteiger partial charge in [0.05, 0.1) is 4.47 Å². The molecule has 0 atom stereocenters. The van der Waals surface area contributed by atoms with Crippen molar-refractivity contribution in [3.63, 3.8) is 0 Å². The summed E-state index contributed by atoms with van der Waals surface area (Å²) in [6, 6.07) is 1.76. The van der Waals surface area contributed by atoms with Crippen molar-refractivity contribution in [1.29, 1.82) is 0 Å². The second-order valence-electron chi connectivity index (χ2n) is 1.61. The topological polar surface area (TPSA) is 41.8 Å². The van der Waals surface area contributed by atoms with E-state index in [-0.39, 0.29) is 0 Å². The molecule has 4 heteroatoms. The smallest absolute Gasteiger partial charge is 0.117 e. The van der Waals surface area contributed by atoms with E-state index in [1.165, 1.54) is 0 Å². The Hall–Kier alpha value is -0.350. The van der Waals surface area contributed by atoms with Gasteiger partial charge in [0.2, 0.25) is 0 Å². The summed E-state index contributed by atoms with van der Waals surface area (Å²) in [4.78, 5) is 2.81. The van der Waals surface area contributed by atoms with Crippen molar-refractivity contribution in [2.24, 2.45) is 0 Å². The van der Waals surface area contributed by atoms with Crippen LogP contribution in [0.3, 0.4) is 0 Å². The van der Waals surface area contributed by atoms with E-state index in [1.54, 1.807) is 12.3 Å². The lowest BCUT2D eigenvalue weighted by molar-refractivity contribution is 1.28. The third kappa shape index (κ3) is 1.53. The number of hydrogen-bond donors (Lipinski definition) is 2. The van der Waals surface area contributed by atoms with Crippen LogP contribution in [0.25, 0.3) is 0 Å². The summed E-state index contributed by atoms with van der Waals surface area (Å²) in [6.45, 7) is 0. The molecule has 1 aromatic rings. The highest BCUT2D eigenvalue weighted by Gasteiger charge is 1.88. The zero-order valence-corrected chi connectivity index (χ0v) is 6.92. The summed E-state index contributed by atoms with van der Waals surface area (Å²) in [5.74, 6) is 0. The van der Waals surface area contributed by atoms with Crippen LogP contribution in [0.2, 0.25) is 0 Å². The molecule has 0 radical (unpaired) electrons. The van der Waals surface area contributed by atoms with Crippen LogP contribution < -0.4 is 5.73 Å². The van der Waals surface area contributed by atoms with Gasteiger partial charge in [-0.1, -0.05) is 12.2 Å². The van der Waals surface area contributed by atoms with Gasteiger partial charge in [-0.2, -0.15) is 0 Å². The van der Waals surface area contributed by atoms with Gasteiger partial charge in [-0.05, 0) is 22.0 Å². The highest BCUT2D eigenvalue weighted by molar-refractivity contribution is 9.10. The van der Waals surface area contributed by atoms with Gasteiger partial charge in [0.25, 0.3) is 0 Å². The van der Waals surface area contributed by atoms with Gasteiger partial charge in [-0.3, -0.25) is 0 Å². The van der Waals surface area contributed by atoms with Gasteiger partial charge in [0.1, 0.15) is 4.64 Å². The summed E-state index contributed by atoms with van der Waals surface area (Å²) in [6.07, 6.45) is 1.66. The maximum Gasteiger partial charge on any atom is 0.117 e. The second kappa shape index (κ2) is 2.49. The summed E-state index contributed by atoms with van der Waals surface area (Å²) >= 11 is 8.09. The Labute approximate surface area is 66.2 Å². The molecule has 0 aromatic carbocycles. The molecule has 1 rings (SSSR count). The van der Waals surface area contributed by atoms with Crippen LogP contribution in [0, 0.1) is 4.64 Å². The Morgan fingerprint density at radius 2 is 2.33 bits per heavy atom. The summed E-state index contributed by atoms with van der Waals surface area (Å²) in [5.41, 5.74) is 6.10. The van der Waals surface area contributed by atoms with Crippen LogP contribution in [0.5, 0.6) is 0 Å². The highest BCUT2D eigenvalue weighted by Crippen LogP contribution is 2.12. The minimum Gasteiger partial charge on any atom is -0.398 e. The van der Waals surface area contributed by atoms with Crippen molar-refractivity contribution < 1.29 is 0 Å². The molecule has 1 aromatic heterocycles. The molecule has 0 spiro atoms. The van der Waals surface area contributed by atoms with E-state index in [9.17, 15) is 0 Å². The monoisotopic (exact) mass is 204 g/mol. The first-order chi connectivity index (χ1) is 4.20. The van der Waals surface area contributed by atoms with Gasteiger partial charge in [-0.15, -0.1) is 0 Å². The van der Waals surface area contributed by atoms with E-state index in [0.717, 1.165) is 4.47 Å². The molecule has 0 bridgehead atoms. The SMILES string of the molecule is Nc1c[nH]c(=S)c(Br)c1. The molecule has 0 aliphatic carbocycles. The lowest BCUT2D eigenvalue weighted by atomic mass is 10.4. The van der Waals surface area contributed by atoms with E-state index < -0.39 is 0 Å². The molecular weight excluding hydrogens is 200 g/mol. The fourth-order valence-corrected chi connectivity index (χ4v) is 0.968. The number of rotatable bonds is 0. The van der Waals surface area contributed by atoms with Crippen molar-refractivity contribution in [1.82, 2.24) is 4.98 Å². The zero-order chi connectivity index (χ0) is 6.85. The van der Waals surface area contributed by atoms with E-state index in [0.29, 0.717) is 10.3 Å². The van der Waals surface area contributed by atoms with Crippen molar-refractivity contribution in [2.45, 2.75) is 0 Å². The molecule has 0 fully saturated rings. The average molecular weight is 205 g/mol. The molecule has 3 N–H and O–H groups in total. The average Bonchev–Trinajstić information content (AvgIpc) is 1.80. The number of halogens is 1. The molecule has 0 saturated heterocycles. The first-order valence-corrected chi connectivity index (χ1v) is 3.54. The molecule has 48 valence electrons. The Kier molecular flexibility index (Phi) is 1.87. The molecule has 1 heterocycles. The molecule has 0 amide bonds. The van der Waals surface area contributed by atoms with E-state index in [1.807, 2.05) is 0 Å². The van der Waals surface area contributed by atoms with Crippen molar-refractivity contribution >= 4 is 33.8 Å². The minimum absolute atomic E-state index is 0.671. The Morgan fingerprint density at radius 1 is 1.67 bits per heavy atom. The standard InChI is InChI=1S/C5H5BrN2S/c6-4-1-3(7)2-8-5(4)9/h1-2H,7H2,(H,8,9). The normalized spacial score (nSPS) is 9.44. The number of nitrogens with two attached hydrogens (primary N) is 1. The number of anilines is 1. The fourth-order valence-electron chi connectivity index (χ4n) is 0.471. The highest BCUT2D eigenvalue weighted by atomic mass is 79.9. The number of aromatic nitrogens is 1. The van der Waals surface area contributed by atoms with E-state index in [4.69, 9.17) is 18.0 Å². The third-order valence-corrected chi connectivity index (χ3v) is 2.11. The number of nitrogen functional groups attached to an aromatic ring is 1. The second-order valence-corrected chi connectivity index (χ2v) is 2.87. The summed E-state index contributed by atoms with van der Waals surface area (Å²) < 4.78 is 1.50. The van der Waals surface area contributed by atoms with E-state index in [2.05, 4.69) is 20.9 Å². The first kappa shape index (κ1) is 6.77. The fraction of sp³-hybridized carbons (Fsp3) is 0. The molecule has 0 saturated carbocycles. The Bertz CT molecular complexity index is 268. The molecule has 2 nitrogen and oxygen atoms in total. The molecule has 0 aliphatic rings. The number of aromatic amines is 1. The van der Waals surface area contributed by atoms with Crippen LogP contribution >= 0.6 is 28.1 Å². The Balaban J connectivity index is 3.34. The number of pyridine rings is 1. The predicted molar refractivity (Wildman–Crippen MR) is 43.7 cm³/mol. The van der Waals surface area contributed by atoms with Crippen LogP contribution in [-0.2, 0) is 0 Å². The van der Waals surface area contributed by atoms with Crippen molar-refractivity contribution in [3.05, 3.63) is 21.4 Å². The van der Waals surface area contributed by atoms with Gasteiger partial charge < -0.3 is 10.7 Å². The number of hydrogen-bond acceptors (Lipinski definition) is 2. The molecular formula is C5H5BrN2S. The minimum atomic E-state index is 0.671. The molecule has 0 aliphatic heterocycles. The van der Waals surface area contributed by atoms with Crippen LogP contribution in [0.1, 0.15) is 0 Å².